The third-order valence-electron chi connectivity index (χ3n) is 3.47. The molecule has 0 spiro atoms. The second kappa shape index (κ2) is 7.27. The molecular formula is C19H21F3N2O2. The average Bonchev–Trinajstić information content (AvgIpc) is 2.51. The zero-order valence-corrected chi connectivity index (χ0v) is 14.8. The summed E-state index contributed by atoms with van der Waals surface area (Å²) in [5.74, 6) is 0. The molecule has 140 valence electrons. The molecule has 0 saturated heterocycles. The molecule has 0 bridgehead atoms. The van der Waals surface area contributed by atoms with E-state index in [0.29, 0.717) is 16.8 Å². The molecular weight excluding hydrogens is 345 g/mol. The third kappa shape index (κ3) is 5.40. The van der Waals surface area contributed by atoms with Crippen molar-refractivity contribution in [3.8, 4) is 11.1 Å². The van der Waals surface area contributed by atoms with Gasteiger partial charge in [-0.25, -0.2) is 4.79 Å². The minimum Gasteiger partial charge on any atom is -0.444 e. The van der Waals surface area contributed by atoms with Gasteiger partial charge in [0.25, 0.3) is 0 Å². The minimum absolute atomic E-state index is 0.229. The Morgan fingerprint density at radius 1 is 1.08 bits per heavy atom. The van der Waals surface area contributed by atoms with Crippen molar-refractivity contribution in [2.75, 3.05) is 5.73 Å². The lowest BCUT2D eigenvalue weighted by atomic mass is 10.0. The van der Waals surface area contributed by atoms with Crippen LogP contribution in [0.2, 0.25) is 0 Å². The van der Waals surface area contributed by atoms with Crippen LogP contribution in [0.15, 0.2) is 42.5 Å². The monoisotopic (exact) mass is 366 g/mol. The van der Waals surface area contributed by atoms with Crippen molar-refractivity contribution in [2.24, 2.45) is 0 Å². The molecule has 0 aliphatic rings. The van der Waals surface area contributed by atoms with Crippen LogP contribution in [0.1, 0.15) is 31.9 Å². The number of hydrogen-bond donors (Lipinski definition) is 2. The molecule has 3 N–H and O–H groups in total. The quantitative estimate of drug-likeness (QED) is 0.753. The van der Waals surface area contributed by atoms with E-state index in [1.807, 2.05) is 0 Å². The van der Waals surface area contributed by atoms with Gasteiger partial charge in [0.15, 0.2) is 0 Å². The number of rotatable bonds is 3. The number of nitrogen functional groups attached to an aromatic ring is 1. The van der Waals surface area contributed by atoms with Gasteiger partial charge in [0.2, 0.25) is 0 Å². The smallest absolute Gasteiger partial charge is 0.416 e. The summed E-state index contributed by atoms with van der Waals surface area (Å²) >= 11 is 0. The van der Waals surface area contributed by atoms with E-state index in [-0.39, 0.29) is 6.54 Å². The van der Waals surface area contributed by atoms with Crippen LogP contribution in [0.5, 0.6) is 0 Å². The number of alkyl halides is 3. The maximum atomic E-state index is 12.6. The molecule has 0 atom stereocenters. The van der Waals surface area contributed by atoms with Crippen molar-refractivity contribution in [1.82, 2.24) is 5.32 Å². The van der Waals surface area contributed by atoms with Gasteiger partial charge in [0.1, 0.15) is 5.60 Å². The topological polar surface area (TPSA) is 64.3 Å². The van der Waals surface area contributed by atoms with E-state index in [0.717, 1.165) is 17.7 Å². The number of carbonyl (C=O) groups is 1. The van der Waals surface area contributed by atoms with Crippen molar-refractivity contribution < 1.29 is 22.7 Å². The summed E-state index contributed by atoms with van der Waals surface area (Å²) < 4.78 is 43.1. The zero-order valence-electron chi connectivity index (χ0n) is 14.8. The summed E-state index contributed by atoms with van der Waals surface area (Å²) in [6, 6.07) is 9.94. The molecule has 1 amide bonds. The highest BCUT2D eigenvalue weighted by Gasteiger charge is 2.30. The van der Waals surface area contributed by atoms with Crippen LogP contribution in [0, 0.1) is 0 Å². The van der Waals surface area contributed by atoms with Gasteiger partial charge >= 0.3 is 12.3 Å². The number of ether oxygens (including phenoxy) is 1. The van der Waals surface area contributed by atoms with Gasteiger partial charge in [-0.2, -0.15) is 13.2 Å². The Balaban J connectivity index is 2.09. The minimum atomic E-state index is -4.37. The number of nitrogens with two attached hydrogens (primary N) is 1. The van der Waals surface area contributed by atoms with Gasteiger partial charge in [-0.3, -0.25) is 0 Å². The third-order valence-corrected chi connectivity index (χ3v) is 3.47. The average molecular weight is 366 g/mol. The highest BCUT2D eigenvalue weighted by molar-refractivity contribution is 5.77. The van der Waals surface area contributed by atoms with E-state index in [2.05, 4.69) is 5.32 Å². The number of anilines is 1. The van der Waals surface area contributed by atoms with Crippen molar-refractivity contribution in [1.29, 1.82) is 0 Å². The highest BCUT2D eigenvalue weighted by atomic mass is 19.4. The summed E-state index contributed by atoms with van der Waals surface area (Å²) in [7, 11) is 0. The fourth-order valence-electron chi connectivity index (χ4n) is 2.31. The van der Waals surface area contributed by atoms with Crippen LogP contribution >= 0.6 is 0 Å². The van der Waals surface area contributed by atoms with Crippen LogP contribution in [-0.2, 0) is 17.5 Å². The normalized spacial score (nSPS) is 11.9. The second-order valence-corrected chi connectivity index (χ2v) is 6.85. The Kier molecular flexibility index (Phi) is 5.49. The Bertz CT molecular complexity index is 779. The van der Waals surface area contributed by atoms with E-state index < -0.39 is 23.4 Å². The lowest BCUT2D eigenvalue weighted by Crippen LogP contribution is -2.32. The van der Waals surface area contributed by atoms with E-state index in [4.69, 9.17) is 10.5 Å². The molecule has 2 rings (SSSR count). The first-order valence-electron chi connectivity index (χ1n) is 7.98. The highest BCUT2D eigenvalue weighted by Crippen LogP contribution is 2.32. The number of nitrogens with one attached hydrogen (secondary N) is 1. The number of amides is 1. The first kappa shape index (κ1) is 19.6. The molecule has 2 aromatic rings. The number of hydrogen-bond acceptors (Lipinski definition) is 3. The molecule has 0 unspecified atom stereocenters. The fraction of sp³-hybridized carbons (Fsp3) is 0.316. The van der Waals surface area contributed by atoms with Crippen molar-refractivity contribution >= 4 is 11.8 Å². The van der Waals surface area contributed by atoms with Crippen LogP contribution in [0.25, 0.3) is 11.1 Å². The number of carbonyl (C=O) groups excluding carboxylic acids is 1. The maximum Gasteiger partial charge on any atom is 0.416 e. The van der Waals surface area contributed by atoms with E-state index >= 15 is 0 Å². The molecule has 26 heavy (non-hydrogen) atoms. The lowest BCUT2D eigenvalue weighted by Gasteiger charge is -2.19. The zero-order chi connectivity index (χ0) is 19.5. The van der Waals surface area contributed by atoms with Crippen LogP contribution < -0.4 is 11.1 Å². The summed E-state index contributed by atoms with van der Waals surface area (Å²) in [6.07, 6.45) is -4.91. The molecule has 0 aliphatic carbocycles. The predicted molar refractivity (Wildman–Crippen MR) is 94.4 cm³/mol. The number of benzene rings is 2. The van der Waals surface area contributed by atoms with Gasteiger partial charge < -0.3 is 15.8 Å². The second-order valence-electron chi connectivity index (χ2n) is 6.85. The van der Waals surface area contributed by atoms with E-state index in [9.17, 15) is 18.0 Å². The van der Waals surface area contributed by atoms with Crippen molar-refractivity contribution in [3.63, 3.8) is 0 Å². The van der Waals surface area contributed by atoms with Crippen LogP contribution in [0.4, 0.5) is 23.7 Å². The number of alkyl carbamates (subject to hydrolysis) is 1. The Morgan fingerprint density at radius 2 is 1.69 bits per heavy atom. The fourth-order valence-corrected chi connectivity index (χ4v) is 2.31. The van der Waals surface area contributed by atoms with Crippen LogP contribution in [-0.4, -0.2) is 11.7 Å². The standard InChI is InChI=1S/C19H21F3N2O2/c1-18(2,3)26-17(25)24-11-12-4-9-15(16(23)10-12)13-5-7-14(8-6-13)19(20,21)22/h4-10H,11,23H2,1-3H3,(H,24,25). The van der Waals surface area contributed by atoms with Gasteiger partial charge in [-0.05, 0) is 50.1 Å². The molecule has 0 aromatic heterocycles. The van der Waals surface area contributed by atoms with Crippen molar-refractivity contribution in [3.05, 3.63) is 53.6 Å². The van der Waals surface area contributed by atoms with Gasteiger partial charge in [-0.1, -0.05) is 24.3 Å². The molecule has 7 heteroatoms. The predicted octanol–water partition coefficient (Wildman–Crippen LogP) is 4.98. The van der Waals surface area contributed by atoms with Crippen LogP contribution in [0.3, 0.4) is 0 Å². The molecule has 4 nitrogen and oxygen atoms in total. The molecule has 0 fully saturated rings. The van der Waals surface area contributed by atoms with E-state index in [1.165, 1.54) is 12.1 Å². The van der Waals surface area contributed by atoms with Gasteiger partial charge in [0, 0.05) is 17.8 Å². The largest absolute Gasteiger partial charge is 0.444 e. The van der Waals surface area contributed by atoms with Gasteiger partial charge in [0.05, 0.1) is 5.56 Å². The Morgan fingerprint density at radius 3 is 2.19 bits per heavy atom. The summed E-state index contributed by atoms with van der Waals surface area (Å²) in [5, 5.41) is 2.62. The summed E-state index contributed by atoms with van der Waals surface area (Å²) in [5.41, 5.74) is 7.10. The van der Waals surface area contributed by atoms with Crippen molar-refractivity contribution in [2.45, 2.75) is 39.1 Å². The first-order valence-corrected chi connectivity index (χ1v) is 7.98. The Hall–Kier alpha value is -2.70. The maximum absolute atomic E-state index is 12.6. The molecule has 2 aromatic carbocycles. The summed E-state index contributed by atoms with van der Waals surface area (Å²) in [6.45, 7) is 5.53. The number of halogens is 3. The van der Waals surface area contributed by atoms with Gasteiger partial charge in [-0.15, -0.1) is 0 Å². The Labute approximate surface area is 150 Å². The summed E-state index contributed by atoms with van der Waals surface area (Å²) in [4.78, 5) is 11.7. The first-order chi connectivity index (χ1) is 12.0. The molecule has 0 heterocycles. The molecule has 0 saturated carbocycles. The molecule has 0 radical (unpaired) electrons. The SMILES string of the molecule is CC(C)(C)OC(=O)NCc1ccc(-c2ccc(C(F)(F)F)cc2)c(N)c1. The lowest BCUT2D eigenvalue weighted by molar-refractivity contribution is -0.137. The van der Waals surface area contributed by atoms with E-state index in [1.54, 1.807) is 39.0 Å². The molecule has 0 aliphatic heterocycles.